The predicted octanol–water partition coefficient (Wildman–Crippen LogP) is 4.31. The second kappa shape index (κ2) is 6.96. The molecule has 3 rings (SSSR count). The highest BCUT2D eigenvalue weighted by Crippen LogP contribution is 2.36. The van der Waals surface area contributed by atoms with E-state index < -0.39 is 10.7 Å². The van der Waals surface area contributed by atoms with Crippen LogP contribution in [0.5, 0.6) is 11.5 Å². The van der Waals surface area contributed by atoms with E-state index in [1.807, 2.05) is 32.0 Å². The summed E-state index contributed by atoms with van der Waals surface area (Å²) in [4.78, 5) is 10.1. The third-order valence-corrected chi connectivity index (χ3v) is 4.07. The Hall–Kier alpha value is -2.83. The second-order valence-electron chi connectivity index (χ2n) is 6.19. The van der Waals surface area contributed by atoms with Crippen molar-refractivity contribution in [2.45, 2.75) is 19.9 Å². The number of ether oxygens (including phenoxy) is 2. The number of anilines is 1. The predicted molar refractivity (Wildman–Crippen MR) is 91.7 cm³/mol. The van der Waals surface area contributed by atoms with Crippen LogP contribution in [0.4, 0.5) is 15.8 Å². The van der Waals surface area contributed by atoms with E-state index in [1.54, 1.807) is 0 Å². The number of nitro benzene ring substituents is 1. The summed E-state index contributed by atoms with van der Waals surface area (Å²) in [6, 6.07) is 9.04. The molecule has 1 aliphatic heterocycles. The molecule has 0 aliphatic carbocycles. The van der Waals surface area contributed by atoms with Crippen molar-refractivity contribution in [3.05, 3.63) is 57.9 Å². The number of nitrogens with zero attached hydrogens (tertiary/aromatic N) is 1. The number of halogens is 1. The maximum Gasteiger partial charge on any atom is 0.272 e. The summed E-state index contributed by atoms with van der Waals surface area (Å²) < 4.78 is 25.3. The number of hydrogen-bond acceptors (Lipinski definition) is 5. The van der Waals surface area contributed by atoms with Crippen molar-refractivity contribution >= 4 is 11.4 Å². The Labute approximate surface area is 144 Å². The van der Waals surface area contributed by atoms with Gasteiger partial charge in [0.25, 0.3) is 5.69 Å². The number of nitro groups is 1. The van der Waals surface area contributed by atoms with Crippen LogP contribution in [-0.2, 0) is 0 Å². The van der Waals surface area contributed by atoms with Crippen molar-refractivity contribution in [2.75, 3.05) is 18.5 Å². The van der Waals surface area contributed by atoms with Gasteiger partial charge in [0.05, 0.1) is 22.7 Å². The molecule has 0 aromatic heterocycles. The smallest absolute Gasteiger partial charge is 0.272 e. The minimum Gasteiger partial charge on any atom is -0.486 e. The van der Waals surface area contributed by atoms with Crippen molar-refractivity contribution in [3.8, 4) is 11.5 Å². The third kappa shape index (κ3) is 3.65. The molecule has 0 saturated carbocycles. The molecule has 0 bridgehead atoms. The fourth-order valence-electron chi connectivity index (χ4n) is 2.79. The summed E-state index contributed by atoms with van der Waals surface area (Å²) in [6.45, 7) is 5.04. The maximum absolute atomic E-state index is 14.2. The van der Waals surface area contributed by atoms with Crippen LogP contribution in [0.25, 0.3) is 0 Å². The molecule has 25 heavy (non-hydrogen) atoms. The number of non-ortho nitro benzene ring substituents is 1. The monoisotopic (exact) mass is 346 g/mol. The lowest BCUT2D eigenvalue weighted by molar-refractivity contribution is -0.385. The van der Waals surface area contributed by atoms with Gasteiger partial charge in [0.2, 0.25) is 0 Å². The number of rotatable bonds is 5. The van der Waals surface area contributed by atoms with E-state index in [0.29, 0.717) is 24.7 Å². The Balaban J connectivity index is 1.88. The first-order chi connectivity index (χ1) is 12.0. The van der Waals surface area contributed by atoms with Crippen molar-refractivity contribution in [1.82, 2.24) is 0 Å². The highest BCUT2D eigenvalue weighted by atomic mass is 19.1. The molecule has 1 aliphatic rings. The molecular weight excluding hydrogens is 327 g/mol. The molecule has 6 nitrogen and oxygen atoms in total. The van der Waals surface area contributed by atoms with Crippen LogP contribution in [0.1, 0.15) is 25.5 Å². The average Bonchev–Trinajstić information content (AvgIpc) is 2.59. The van der Waals surface area contributed by atoms with Gasteiger partial charge in [0, 0.05) is 6.07 Å². The summed E-state index contributed by atoms with van der Waals surface area (Å²) in [5.41, 5.74) is 0.875. The standard InChI is InChI=1S/C18H19FN2O4/c1-11(2)18(12-3-6-16-17(9-12)25-8-7-24-16)20-15-5-4-13(21(22)23)10-14(15)19/h3-6,9-11,18,20H,7-8H2,1-2H3. The average molecular weight is 346 g/mol. The van der Waals surface area contributed by atoms with Crippen LogP contribution >= 0.6 is 0 Å². The van der Waals surface area contributed by atoms with E-state index >= 15 is 0 Å². The van der Waals surface area contributed by atoms with Crippen LogP contribution < -0.4 is 14.8 Å². The minimum absolute atomic E-state index is 0.150. The van der Waals surface area contributed by atoms with Crippen LogP contribution in [0.15, 0.2) is 36.4 Å². The van der Waals surface area contributed by atoms with Crippen molar-refractivity contribution in [1.29, 1.82) is 0 Å². The molecule has 1 unspecified atom stereocenters. The molecule has 1 N–H and O–H groups in total. The number of benzene rings is 2. The summed E-state index contributed by atoms with van der Waals surface area (Å²) in [6.07, 6.45) is 0. The Morgan fingerprint density at radius 3 is 2.48 bits per heavy atom. The molecular formula is C18H19FN2O4. The molecule has 2 aromatic carbocycles. The van der Waals surface area contributed by atoms with Gasteiger partial charge in [-0.05, 0) is 29.7 Å². The Morgan fingerprint density at radius 2 is 1.84 bits per heavy atom. The Morgan fingerprint density at radius 1 is 1.12 bits per heavy atom. The topological polar surface area (TPSA) is 73.6 Å². The quantitative estimate of drug-likeness (QED) is 0.645. The summed E-state index contributed by atoms with van der Waals surface area (Å²) in [7, 11) is 0. The molecule has 0 amide bonds. The second-order valence-corrected chi connectivity index (χ2v) is 6.19. The fraction of sp³-hybridized carbons (Fsp3) is 0.333. The van der Waals surface area contributed by atoms with Gasteiger partial charge in [-0.25, -0.2) is 4.39 Å². The normalized spacial score (nSPS) is 14.2. The molecule has 132 valence electrons. The van der Waals surface area contributed by atoms with E-state index in [-0.39, 0.29) is 23.3 Å². The summed E-state index contributed by atoms with van der Waals surface area (Å²) >= 11 is 0. The third-order valence-electron chi connectivity index (χ3n) is 4.07. The van der Waals surface area contributed by atoms with E-state index in [9.17, 15) is 14.5 Å². The summed E-state index contributed by atoms with van der Waals surface area (Å²) in [5, 5.41) is 13.9. The first-order valence-electron chi connectivity index (χ1n) is 8.05. The minimum atomic E-state index is -0.655. The highest BCUT2D eigenvalue weighted by Gasteiger charge is 2.21. The van der Waals surface area contributed by atoms with E-state index in [2.05, 4.69) is 5.32 Å². The van der Waals surface area contributed by atoms with Crippen LogP contribution in [0, 0.1) is 21.8 Å². The van der Waals surface area contributed by atoms with Gasteiger partial charge in [0.1, 0.15) is 13.2 Å². The van der Waals surface area contributed by atoms with Crippen molar-refractivity contribution in [3.63, 3.8) is 0 Å². The lowest BCUT2D eigenvalue weighted by atomic mass is 9.95. The van der Waals surface area contributed by atoms with Gasteiger partial charge >= 0.3 is 0 Å². The zero-order valence-corrected chi connectivity index (χ0v) is 14.0. The van der Waals surface area contributed by atoms with Gasteiger partial charge in [0.15, 0.2) is 17.3 Å². The summed E-state index contributed by atoms with van der Waals surface area (Å²) in [5.74, 6) is 0.855. The zero-order chi connectivity index (χ0) is 18.0. The SMILES string of the molecule is CC(C)C(Nc1ccc([N+](=O)[O-])cc1F)c1ccc2c(c1)OCCO2. The van der Waals surface area contributed by atoms with Crippen molar-refractivity contribution in [2.24, 2.45) is 5.92 Å². The van der Waals surface area contributed by atoms with Crippen LogP contribution in [0.2, 0.25) is 0 Å². The number of fused-ring (bicyclic) bond motifs is 1. The molecule has 2 aromatic rings. The molecule has 0 radical (unpaired) electrons. The number of hydrogen-bond donors (Lipinski definition) is 1. The molecule has 0 spiro atoms. The van der Waals surface area contributed by atoms with Crippen LogP contribution in [0.3, 0.4) is 0 Å². The van der Waals surface area contributed by atoms with E-state index in [0.717, 1.165) is 11.6 Å². The molecule has 1 heterocycles. The Bertz CT molecular complexity index is 795. The first-order valence-corrected chi connectivity index (χ1v) is 8.05. The zero-order valence-electron chi connectivity index (χ0n) is 14.0. The molecule has 0 saturated heterocycles. The fourth-order valence-corrected chi connectivity index (χ4v) is 2.79. The van der Waals surface area contributed by atoms with Gasteiger partial charge in [-0.1, -0.05) is 19.9 Å². The number of nitrogens with one attached hydrogen (secondary N) is 1. The maximum atomic E-state index is 14.2. The first kappa shape index (κ1) is 17.0. The van der Waals surface area contributed by atoms with E-state index in [4.69, 9.17) is 9.47 Å². The van der Waals surface area contributed by atoms with Gasteiger partial charge in [-0.3, -0.25) is 10.1 Å². The van der Waals surface area contributed by atoms with Crippen LogP contribution in [-0.4, -0.2) is 18.1 Å². The molecule has 1 atom stereocenters. The molecule has 7 heteroatoms. The largest absolute Gasteiger partial charge is 0.486 e. The van der Waals surface area contributed by atoms with Gasteiger partial charge in [-0.15, -0.1) is 0 Å². The van der Waals surface area contributed by atoms with Gasteiger partial charge in [-0.2, -0.15) is 0 Å². The van der Waals surface area contributed by atoms with Crippen molar-refractivity contribution < 1.29 is 18.8 Å². The van der Waals surface area contributed by atoms with Gasteiger partial charge < -0.3 is 14.8 Å². The Kier molecular flexibility index (Phi) is 4.74. The highest BCUT2D eigenvalue weighted by molar-refractivity contribution is 5.53. The molecule has 0 fully saturated rings. The lowest BCUT2D eigenvalue weighted by Gasteiger charge is -2.26. The van der Waals surface area contributed by atoms with E-state index in [1.165, 1.54) is 12.1 Å². The lowest BCUT2D eigenvalue weighted by Crippen LogP contribution is -2.19.